The van der Waals surface area contributed by atoms with Gasteiger partial charge in [-0.25, -0.2) is 9.79 Å². The molecule has 0 fully saturated rings. The van der Waals surface area contributed by atoms with Gasteiger partial charge in [-0.15, -0.1) is 0 Å². The van der Waals surface area contributed by atoms with E-state index in [4.69, 9.17) is 16.3 Å². The number of nitrogens with zero attached hydrogens (tertiary/aromatic N) is 3. The summed E-state index contributed by atoms with van der Waals surface area (Å²) in [7, 11) is 0. The third-order valence-corrected chi connectivity index (χ3v) is 4.77. The third-order valence-electron chi connectivity index (χ3n) is 4.44. The molecule has 2 aromatic carbocycles. The first-order valence-corrected chi connectivity index (χ1v) is 10.2. The molecule has 1 aliphatic heterocycles. The minimum atomic E-state index is -0.845. The van der Waals surface area contributed by atoms with Crippen molar-refractivity contribution in [1.29, 1.82) is 0 Å². The van der Waals surface area contributed by atoms with E-state index in [1.165, 1.54) is 19.1 Å². The molecule has 0 aromatic heterocycles. The zero-order valence-corrected chi connectivity index (χ0v) is 19.0. The van der Waals surface area contributed by atoms with Crippen LogP contribution in [0.2, 0.25) is 5.02 Å². The monoisotopic (exact) mass is 469 g/mol. The number of amidine groups is 1. The summed E-state index contributed by atoms with van der Waals surface area (Å²) in [4.78, 5) is 44.4. The van der Waals surface area contributed by atoms with E-state index < -0.39 is 22.4 Å². The second kappa shape index (κ2) is 8.95. The second-order valence-corrected chi connectivity index (χ2v) is 8.54. The zero-order chi connectivity index (χ0) is 24.5. The number of fused-ring (bicyclic) bond motifs is 1. The molecule has 1 heterocycles. The highest BCUT2D eigenvalue weighted by atomic mass is 35.5. The summed E-state index contributed by atoms with van der Waals surface area (Å²) in [5, 5.41) is 21.3. The molecule has 1 aliphatic rings. The van der Waals surface area contributed by atoms with E-state index in [9.17, 15) is 24.8 Å². The smallest absolute Gasteiger partial charge is 0.344 e. The summed E-state index contributed by atoms with van der Waals surface area (Å²) in [6.07, 6.45) is 0. The first kappa shape index (κ1) is 23.8. The Balaban J connectivity index is 2.11. The van der Waals surface area contributed by atoms with E-state index in [0.29, 0.717) is 11.1 Å². The number of halogens is 1. The summed E-state index contributed by atoms with van der Waals surface area (Å²) >= 11 is 6.05. The Bertz CT molecular complexity index is 1270. The van der Waals surface area contributed by atoms with E-state index in [1.54, 1.807) is 45.0 Å². The van der Waals surface area contributed by atoms with E-state index in [-0.39, 0.29) is 39.2 Å². The molecule has 0 saturated heterocycles. The fraction of sp³-hybridized carbons (Fsp3) is 0.217. The Kier molecular flexibility index (Phi) is 6.46. The SMILES string of the molecule is C/C(O)=C(\C(=O)OC(C)(C)C)C1=NC(=NC(=O)c2cc([N+](=O)[O-])ccc2Cl)c2ccccc21. The number of carbonyl (C=O) groups is 2. The van der Waals surface area contributed by atoms with Crippen LogP contribution in [0.5, 0.6) is 0 Å². The molecule has 0 bridgehead atoms. The number of rotatable bonds is 4. The number of non-ortho nitro benzene ring substituents is 1. The van der Waals surface area contributed by atoms with Gasteiger partial charge in [-0.05, 0) is 33.8 Å². The number of aliphatic hydroxyl groups excluding tert-OH is 1. The third kappa shape index (κ3) is 5.15. The second-order valence-electron chi connectivity index (χ2n) is 8.13. The number of ether oxygens (including phenoxy) is 1. The fourth-order valence-electron chi connectivity index (χ4n) is 3.08. The van der Waals surface area contributed by atoms with Crippen LogP contribution in [0.25, 0.3) is 0 Å². The minimum Gasteiger partial charge on any atom is -0.512 e. The van der Waals surface area contributed by atoms with Gasteiger partial charge in [0.25, 0.3) is 11.6 Å². The number of amides is 1. The molecule has 2 aromatic rings. The summed E-state index contributed by atoms with van der Waals surface area (Å²) < 4.78 is 5.40. The van der Waals surface area contributed by atoms with Crippen molar-refractivity contribution in [2.45, 2.75) is 33.3 Å². The summed E-state index contributed by atoms with van der Waals surface area (Å²) in [6, 6.07) is 10.2. The van der Waals surface area contributed by atoms with Crippen LogP contribution in [0.4, 0.5) is 5.69 Å². The first-order valence-electron chi connectivity index (χ1n) is 9.78. The summed E-state index contributed by atoms with van der Waals surface area (Å²) in [5.74, 6) is -1.98. The molecular weight excluding hydrogens is 450 g/mol. The maximum absolute atomic E-state index is 12.8. The lowest BCUT2D eigenvalue weighted by molar-refractivity contribution is -0.384. The number of esters is 1. The number of carbonyl (C=O) groups excluding carboxylic acids is 2. The number of allylic oxidation sites excluding steroid dienone is 1. The van der Waals surface area contributed by atoms with E-state index in [2.05, 4.69) is 9.98 Å². The molecule has 0 saturated carbocycles. The van der Waals surface area contributed by atoms with Gasteiger partial charge in [-0.3, -0.25) is 14.9 Å². The molecule has 0 radical (unpaired) electrons. The highest BCUT2D eigenvalue weighted by molar-refractivity contribution is 6.37. The predicted octanol–water partition coefficient (Wildman–Crippen LogP) is 4.81. The standard InChI is InChI=1S/C23H20ClN3O6/c1-12(28)18(22(30)33-23(2,3)4)19-14-7-5-6-8-15(14)20(25-19)26-21(29)16-11-13(27(31)32)9-10-17(16)24/h5-11,28H,1-4H3/b18-12+,26-20?. The van der Waals surface area contributed by atoms with E-state index in [0.717, 1.165) is 6.07 Å². The molecule has 9 nitrogen and oxygen atoms in total. The van der Waals surface area contributed by atoms with Crippen molar-refractivity contribution in [1.82, 2.24) is 0 Å². The van der Waals surface area contributed by atoms with Crippen LogP contribution in [0, 0.1) is 10.1 Å². The Morgan fingerprint density at radius 1 is 1.15 bits per heavy atom. The van der Waals surface area contributed by atoms with Gasteiger partial charge < -0.3 is 9.84 Å². The molecule has 0 aliphatic carbocycles. The van der Waals surface area contributed by atoms with Crippen molar-refractivity contribution >= 4 is 40.7 Å². The number of aliphatic imine (C=N–C) groups is 2. The lowest BCUT2D eigenvalue weighted by Crippen LogP contribution is -2.28. The molecule has 3 rings (SSSR count). The van der Waals surface area contributed by atoms with Gasteiger partial charge in [-0.1, -0.05) is 35.9 Å². The average molecular weight is 470 g/mol. The lowest BCUT2D eigenvalue weighted by Gasteiger charge is -2.21. The fourth-order valence-corrected chi connectivity index (χ4v) is 3.28. The van der Waals surface area contributed by atoms with Crippen LogP contribution in [0.3, 0.4) is 0 Å². The Hall–Kier alpha value is -3.85. The van der Waals surface area contributed by atoms with Gasteiger partial charge in [0.15, 0.2) is 5.84 Å². The summed E-state index contributed by atoms with van der Waals surface area (Å²) in [6.45, 7) is 6.39. The van der Waals surface area contributed by atoms with Crippen molar-refractivity contribution < 1.29 is 24.4 Å². The normalized spacial score (nSPS) is 14.9. The minimum absolute atomic E-state index is 0.00835. The number of nitro groups is 1. The van der Waals surface area contributed by atoms with Crippen LogP contribution in [0.1, 0.15) is 49.2 Å². The largest absolute Gasteiger partial charge is 0.512 e. The van der Waals surface area contributed by atoms with Crippen LogP contribution in [-0.2, 0) is 9.53 Å². The maximum Gasteiger partial charge on any atom is 0.344 e. The van der Waals surface area contributed by atoms with Gasteiger partial charge in [0.1, 0.15) is 16.9 Å². The zero-order valence-electron chi connectivity index (χ0n) is 18.2. The van der Waals surface area contributed by atoms with Crippen molar-refractivity contribution in [3.05, 3.63) is 85.6 Å². The lowest BCUT2D eigenvalue weighted by atomic mass is 9.99. The average Bonchev–Trinajstić information content (AvgIpc) is 3.04. The number of benzene rings is 2. The Morgan fingerprint density at radius 3 is 2.36 bits per heavy atom. The van der Waals surface area contributed by atoms with Crippen molar-refractivity contribution in [2.24, 2.45) is 9.98 Å². The van der Waals surface area contributed by atoms with Crippen LogP contribution < -0.4 is 0 Å². The van der Waals surface area contributed by atoms with Crippen LogP contribution >= 0.6 is 11.6 Å². The molecular formula is C23H20ClN3O6. The van der Waals surface area contributed by atoms with E-state index in [1.807, 2.05) is 0 Å². The Morgan fingerprint density at radius 2 is 1.79 bits per heavy atom. The highest BCUT2D eigenvalue weighted by Gasteiger charge is 2.32. The molecule has 1 N–H and O–H groups in total. The Labute approximate surface area is 194 Å². The topological polar surface area (TPSA) is 131 Å². The van der Waals surface area contributed by atoms with Gasteiger partial charge in [-0.2, -0.15) is 4.99 Å². The molecule has 0 spiro atoms. The van der Waals surface area contributed by atoms with Crippen LogP contribution in [-0.4, -0.2) is 39.1 Å². The van der Waals surface area contributed by atoms with Gasteiger partial charge >= 0.3 is 5.97 Å². The van der Waals surface area contributed by atoms with Gasteiger partial charge in [0, 0.05) is 23.3 Å². The number of hydrogen-bond donors (Lipinski definition) is 1. The molecule has 170 valence electrons. The number of hydrogen-bond acceptors (Lipinski definition) is 6. The molecule has 10 heteroatoms. The quantitative estimate of drug-likeness (QED) is 0.224. The molecule has 33 heavy (non-hydrogen) atoms. The maximum atomic E-state index is 12.8. The molecule has 0 atom stereocenters. The predicted molar refractivity (Wildman–Crippen MR) is 123 cm³/mol. The highest BCUT2D eigenvalue weighted by Crippen LogP contribution is 2.28. The van der Waals surface area contributed by atoms with Gasteiger partial charge in [0.2, 0.25) is 0 Å². The van der Waals surface area contributed by atoms with Gasteiger partial charge in [0.05, 0.1) is 21.2 Å². The molecule has 0 unspecified atom stereocenters. The van der Waals surface area contributed by atoms with Crippen LogP contribution in [0.15, 0.2) is 63.8 Å². The van der Waals surface area contributed by atoms with Crippen molar-refractivity contribution in [2.75, 3.05) is 0 Å². The first-order chi connectivity index (χ1) is 15.4. The number of aliphatic hydroxyl groups is 1. The number of nitro benzene ring substituents is 1. The van der Waals surface area contributed by atoms with Crippen molar-refractivity contribution in [3.63, 3.8) is 0 Å². The van der Waals surface area contributed by atoms with E-state index >= 15 is 0 Å². The summed E-state index contributed by atoms with van der Waals surface area (Å²) in [5.41, 5.74) is -0.471. The van der Waals surface area contributed by atoms with Crippen molar-refractivity contribution in [3.8, 4) is 0 Å². The molecule has 1 amide bonds.